The second-order valence-corrected chi connectivity index (χ2v) is 6.16. The van der Waals surface area contributed by atoms with E-state index in [-0.39, 0.29) is 11.0 Å². The van der Waals surface area contributed by atoms with E-state index in [2.05, 4.69) is 32.3 Å². The van der Waals surface area contributed by atoms with E-state index in [4.69, 9.17) is 10.5 Å². The maximum absolute atomic E-state index is 6.02. The van der Waals surface area contributed by atoms with Crippen LogP contribution in [0, 0.1) is 5.41 Å². The molecule has 0 amide bonds. The molecule has 0 bridgehead atoms. The van der Waals surface area contributed by atoms with Crippen LogP contribution in [0.5, 0.6) is 0 Å². The van der Waals surface area contributed by atoms with Crippen LogP contribution in [0.1, 0.15) is 33.6 Å². The highest BCUT2D eigenvalue weighted by molar-refractivity contribution is 4.91. The molecule has 1 fully saturated rings. The lowest BCUT2D eigenvalue weighted by molar-refractivity contribution is -0.0140. The second-order valence-electron chi connectivity index (χ2n) is 6.16. The van der Waals surface area contributed by atoms with Crippen LogP contribution in [-0.4, -0.2) is 43.3 Å². The van der Waals surface area contributed by atoms with Crippen molar-refractivity contribution in [2.45, 2.75) is 39.2 Å². The first kappa shape index (κ1) is 14.7. The van der Waals surface area contributed by atoms with Gasteiger partial charge in [-0.3, -0.25) is 4.90 Å². The molecule has 0 spiro atoms. The smallest absolute Gasteiger partial charge is 0.0472 e. The van der Waals surface area contributed by atoms with Crippen LogP contribution < -0.4 is 5.73 Å². The molecule has 0 radical (unpaired) electrons. The molecule has 1 aliphatic heterocycles. The van der Waals surface area contributed by atoms with E-state index in [1.165, 1.54) is 0 Å². The highest BCUT2D eigenvalue weighted by Gasteiger charge is 2.35. The van der Waals surface area contributed by atoms with E-state index in [0.29, 0.717) is 0 Å². The Bertz CT molecular complexity index is 239. The lowest BCUT2D eigenvalue weighted by Crippen LogP contribution is -2.51. The predicted molar refractivity (Wildman–Crippen MR) is 73.1 cm³/mol. The zero-order chi connectivity index (χ0) is 12.9. The van der Waals surface area contributed by atoms with E-state index in [9.17, 15) is 0 Å². The molecule has 0 aromatic carbocycles. The molecule has 0 aromatic rings. The summed E-state index contributed by atoms with van der Waals surface area (Å²) in [7, 11) is 0. The molecule has 1 rings (SSSR count). The van der Waals surface area contributed by atoms with Gasteiger partial charge in [-0.25, -0.2) is 0 Å². The van der Waals surface area contributed by atoms with Crippen molar-refractivity contribution < 1.29 is 4.74 Å². The molecule has 0 unspecified atom stereocenters. The van der Waals surface area contributed by atoms with E-state index in [0.717, 1.165) is 45.7 Å². The summed E-state index contributed by atoms with van der Waals surface area (Å²) in [6.07, 6.45) is 4.13. The fourth-order valence-corrected chi connectivity index (χ4v) is 2.37. The normalized spacial score (nSPS) is 20.5. The van der Waals surface area contributed by atoms with E-state index in [1.54, 1.807) is 0 Å². The predicted octanol–water partition coefficient (Wildman–Crippen LogP) is 2.03. The molecule has 17 heavy (non-hydrogen) atoms. The lowest BCUT2D eigenvalue weighted by atomic mass is 9.79. The Kier molecular flexibility index (Phi) is 5.17. The van der Waals surface area contributed by atoms with Gasteiger partial charge in [0.25, 0.3) is 0 Å². The number of rotatable bonds is 5. The minimum atomic E-state index is 0.161. The third-order valence-corrected chi connectivity index (χ3v) is 3.81. The zero-order valence-electron chi connectivity index (χ0n) is 11.7. The van der Waals surface area contributed by atoms with Crippen molar-refractivity contribution >= 4 is 0 Å². The molecule has 2 N–H and O–H groups in total. The number of ether oxygens (including phenoxy) is 1. The molecule has 1 saturated heterocycles. The summed E-state index contributed by atoms with van der Waals surface area (Å²) in [5, 5.41) is 0. The van der Waals surface area contributed by atoms with Crippen molar-refractivity contribution in [3.05, 3.63) is 12.7 Å². The van der Waals surface area contributed by atoms with Crippen molar-refractivity contribution in [3.8, 4) is 0 Å². The standard InChI is InChI=1S/C14H28N2O/c1-5-8-16(13(2,3)4)12-14(11-15)6-9-17-10-7-14/h5H,1,6-12,15H2,2-4H3. The van der Waals surface area contributed by atoms with Gasteiger partial charge in [0.05, 0.1) is 0 Å². The molecule has 0 saturated carbocycles. The van der Waals surface area contributed by atoms with E-state index in [1.807, 2.05) is 6.08 Å². The monoisotopic (exact) mass is 240 g/mol. The van der Waals surface area contributed by atoms with Crippen LogP contribution in [0.15, 0.2) is 12.7 Å². The second kappa shape index (κ2) is 5.98. The van der Waals surface area contributed by atoms with Crippen LogP contribution >= 0.6 is 0 Å². The van der Waals surface area contributed by atoms with E-state index >= 15 is 0 Å². The maximum atomic E-state index is 6.02. The van der Waals surface area contributed by atoms with Gasteiger partial charge in [0.1, 0.15) is 0 Å². The summed E-state index contributed by atoms with van der Waals surface area (Å²) >= 11 is 0. The Morgan fingerprint density at radius 2 is 1.94 bits per heavy atom. The average molecular weight is 240 g/mol. The molecule has 3 heteroatoms. The largest absolute Gasteiger partial charge is 0.381 e. The van der Waals surface area contributed by atoms with Crippen LogP contribution in [0.2, 0.25) is 0 Å². The maximum Gasteiger partial charge on any atom is 0.0472 e. The summed E-state index contributed by atoms with van der Waals surface area (Å²) < 4.78 is 5.46. The number of nitrogens with two attached hydrogens (primary N) is 1. The lowest BCUT2D eigenvalue weighted by Gasteiger charge is -2.44. The summed E-state index contributed by atoms with van der Waals surface area (Å²) in [5.41, 5.74) is 6.41. The molecule has 1 aliphatic rings. The number of nitrogens with zero attached hydrogens (tertiary/aromatic N) is 1. The van der Waals surface area contributed by atoms with Crippen LogP contribution in [0.4, 0.5) is 0 Å². The van der Waals surface area contributed by atoms with Gasteiger partial charge in [-0.15, -0.1) is 6.58 Å². The summed E-state index contributed by atoms with van der Waals surface area (Å²) in [6.45, 7) is 15.0. The molecule has 3 nitrogen and oxygen atoms in total. The van der Waals surface area contributed by atoms with Gasteiger partial charge < -0.3 is 10.5 Å². The first-order valence-corrected chi connectivity index (χ1v) is 6.57. The Morgan fingerprint density at radius 1 is 1.35 bits per heavy atom. The minimum absolute atomic E-state index is 0.161. The highest BCUT2D eigenvalue weighted by Crippen LogP contribution is 2.32. The Labute approximate surface area is 106 Å². The van der Waals surface area contributed by atoms with Crippen LogP contribution in [-0.2, 0) is 4.74 Å². The number of hydrogen-bond acceptors (Lipinski definition) is 3. The molecule has 1 heterocycles. The van der Waals surface area contributed by atoms with E-state index < -0.39 is 0 Å². The fraction of sp³-hybridized carbons (Fsp3) is 0.857. The van der Waals surface area contributed by atoms with Crippen molar-refractivity contribution in [2.24, 2.45) is 11.1 Å². The van der Waals surface area contributed by atoms with Gasteiger partial charge in [0.15, 0.2) is 0 Å². The van der Waals surface area contributed by atoms with Gasteiger partial charge in [0.2, 0.25) is 0 Å². The quantitative estimate of drug-likeness (QED) is 0.747. The molecular weight excluding hydrogens is 212 g/mol. The molecule has 0 atom stereocenters. The summed E-state index contributed by atoms with van der Waals surface area (Å²) in [5.74, 6) is 0. The Morgan fingerprint density at radius 3 is 2.35 bits per heavy atom. The first-order chi connectivity index (χ1) is 7.93. The van der Waals surface area contributed by atoms with Crippen LogP contribution in [0.3, 0.4) is 0 Å². The van der Waals surface area contributed by atoms with Gasteiger partial charge in [-0.2, -0.15) is 0 Å². The zero-order valence-corrected chi connectivity index (χ0v) is 11.7. The summed E-state index contributed by atoms with van der Waals surface area (Å²) in [4.78, 5) is 2.47. The molecular formula is C14H28N2O. The highest BCUT2D eigenvalue weighted by atomic mass is 16.5. The van der Waals surface area contributed by atoms with Gasteiger partial charge in [-0.05, 0) is 45.6 Å². The van der Waals surface area contributed by atoms with Crippen LogP contribution in [0.25, 0.3) is 0 Å². The van der Waals surface area contributed by atoms with Gasteiger partial charge in [-0.1, -0.05) is 6.08 Å². The average Bonchev–Trinajstić information content (AvgIpc) is 2.28. The van der Waals surface area contributed by atoms with Gasteiger partial charge >= 0.3 is 0 Å². The molecule has 0 aromatic heterocycles. The fourth-order valence-electron chi connectivity index (χ4n) is 2.37. The summed E-state index contributed by atoms with van der Waals surface area (Å²) in [6, 6.07) is 0. The third kappa shape index (κ3) is 4.09. The van der Waals surface area contributed by atoms with Crippen molar-refractivity contribution in [2.75, 3.05) is 32.8 Å². The van der Waals surface area contributed by atoms with Crippen molar-refractivity contribution in [3.63, 3.8) is 0 Å². The minimum Gasteiger partial charge on any atom is -0.381 e. The van der Waals surface area contributed by atoms with Crippen molar-refractivity contribution in [1.29, 1.82) is 0 Å². The molecule has 0 aliphatic carbocycles. The Balaban J connectivity index is 2.72. The molecule has 100 valence electrons. The number of hydrogen-bond donors (Lipinski definition) is 1. The SMILES string of the molecule is C=CCN(CC1(CN)CCOCC1)C(C)(C)C. The first-order valence-electron chi connectivity index (χ1n) is 6.57. The topological polar surface area (TPSA) is 38.5 Å². The van der Waals surface area contributed by atoms with Gasteiger partial charge in [0, 0.05) is 31.8 Å². The third-order valence-electron chi connectivity index (χ3n) is 3.81. The van der Waals surface area contributed by atoms with Crippen molar-refractivity contribution in [1.82, 2.24) is 4.90 Å². The Hall–Kier alpha value is -0.380.